The Morgan fingerprint density at radius 2 is 2.00 bits per heavy atom. The molecular formula is C22H21ClF3N3O4. The number of carbonyl (C=O) groups is 1. The van der Waals surface area contributed by atoms with Crippen LogP contribution in [-0.2, 0) is 23.5 Å². The highest BCUT2D eigenvalue weighted by Crippen LogP contribution is 2.50. The van der Waals surface area contributed by atoms with Gasteiger partial charge in [0.25, 0.3) is 0 Å². The summed E-state index contributed by atoms with van der Waals surface area (Å²) in [6.07, 6.45) is -0.812. The number of rotatable bonds is 8. The van der Waals surface area contributed by atoms with Gasteiger partial charge in [-0.2, -0.15) is 18.3 Å². The van der Waals surface area contributed by atoms with Crippen molar-refractivity contribution in [1.29, 1.82) is 0 Å². The lowest BCUT2D eigenvalue weighted by Gasteiger charge is -2.37. The molecule has 0 radical (unpaired) electrons. The van der Waals surface area contributed by atoms with E-state index in [0.717, 1.165) is 6.07 Å². The Kier molecular flexibility index (Phi) is 6.99. The largest absolute Gasteiger partial charge is 0.489 e. The second-order valence-electron chi connectivity index (χ2n) is 7.58. The maximum Gasteiger partial charge on any atom is 0.422 e. The average molecular weight is 484 g/mol. The van der Waals surface area contributed by atoms with Crippen molar-refractivity contribution in [3.05, 3.63) is 76.3 Å². The van der Waals surface area contributed by atoms with E-state index < -0.39 is 23.7 Å². The smallest absolute Gasteiger partial charge is 0.422 e. The van der Waals surface area contributed by atoms with Crippen molar-refractivity contribution in [3.63, 3.8) is 0 Å². The van der Waals surface area contributed by atoms with E-state index in [0.29, 0.717) is 11.3 Å². The Balaban J connectivity index is 1.83. The SMILES string of the molecule is Cc1cc([C@](O)([C@H](C)c2ccc(OCc3cnn(CC(=O)O)c3)cc2Cl)C(F)(F)F)ccn1. The highest BCUT2D eigenvalue weighted by Gasteiger charge is 2.59. The first-order valence-corrected chi connectivity index (χ1v) is 10.2. The number of carboxylic acid groups (broad SMARTS) is 1. The minimum atomic E-state index is -4.98. The van der Waals surface area contributed by atoms with Crippen molar-refractivity contribution < 1.29 is 32.9 Å². The molecule has 2 N–H and O–H groups in total. The second kappa shape index (κ2) is 9.40. The standard InChI is InChI=1S/C22H21ClF3N3O4/c1-13-7-16(5-6-27-13)21(32,22(24,25)26)14(2)18-4-3-17(8-19(18)23)33-12-15-9-28-29(10-15)11-20(30)31/h3-10,14,32H,11-12H2,1-2H3,(H,30,31)/t14-,21-/m1/s1. The molecule has 1 aromatic carbocycles. The molecule has 176 valence electrons. The summed E-state index contributed by atoms with van der Waals surface area (Å²) in [7, 11) is 0. The van der Waals surface area contributed by atoms with Gasteiger partial charge in [0.15, 0.2) is 5.60 Å². The molecule has 3 rings (SSSR count). The van der Waals surface area contributed by atoms with Gasteiger partial charge in [0.1, 0.15) is 18.9 Å². The van der Waals surface area contributed by atoms with Gasteiger partial charge < -0.3 is 14.9 Å². The van der Waals surface area contributed by atoms with Crippen LogP contribution in [0, 0.1) is 6.92 Å². The summed E-state index contributed by atoms with van der Waals surface area (Å²) < 4.78 is 49.1. The van der Waals surface area contributed by atoms with Crippen molar-refractivity contribution in [2.75, 3.05) is 0 Å². The van der Waals surface area contributed by atoms with Crippen molar-refractivity contribution in [3.8, 4) is 5.75 Å². The van der Waals surface area contributed by atoms with Gasteiger partial charge in [-0.3, -0.25) is 14.5 Å². The first-order chi connectivity index (χ1) is 15.4. The van der Waals surface area contributed by atoms with Crippen LogP contribution in [0.4, 0.5) is 13.2 Å². The van der Waals surface area contributed by atoms with Crippen LogP contribution in [0.3, 0.4) is 0 Å². The fraction of sp³-hybridized carbons (Fsp3) is 0.318. The molecule has 0 fully saturated rings. The summed E-state index contributed by atoms with van der Waals surface area (Å²) >= 11 is 6.29. The van der Waals surface area contributed by atoms with E-state index >= 15 is 0 Å². The van der Waals surface area contributed by atoms with Crippen LogP contribution < -0.4 is 4.74 Å². The van der Waals surface area contributed by atoms with E-state index in [4.69, 9.17) is 21.4 Å². The third kappa shape index (κ3) is 5.28. The van der Waals surface area contributed by atoms with Crippen LogP contribution in [0.1, 0.15) is 35.2 Å². The summed E-state index contributed by atoms with van der Waals surface area (Å²) in [5.41, 5.74) is -2.49. The van der Waals surface area contributed by atoms with Crippen LogP contribution in [0.5, 0.6) is 5.75 Å². The second-order valence-corrected chi connectivity index (χ2v) is 7.99. The number of hydrogen-bond donors (Lipinski definition) is 2. The molecule has 33 heavy (non-hydrogen) atoms. The number of aromatic nitrogens is 3. The summed E-state index contributed by atoms with van der Waals surface area (Å²) in [5, 5.41) is 23.6. The van der Waals surface area contributed by atoms with E-state index in [2.05, 4.69) is 10.1 Å². The van der Waals surface area contributed by atoms with Crippen molar-refractivity contribution in [1.82, 2.24) is 14.8 Å². The summed E-state index contributed by atoms with van der Waals surface area (Å²) in [5.74, 6) is -2.19. The third-order valence-electron chi connectivity index (χ3n) is 5.22. The number of pyridine rings is 1. The number of ether oxygens (including phenoxy) is 1. The number of carboxylic acids is 1. The normalized spacial score (nSPS) is 14.5. The lowest BCUT2D eigenvalue weighted by atomic mass is 9.78. The first-order valence-electron chi connectivity index (χ1n) is 9.79. The number of halogens is 4. The van der Waals surface area contributed by atoms with Crippen LogP contribution >= 0.6 is 11.6 Å². The minimum absolute atomic E-state index is 0.00461. The summed E-state index contributed by atoms with van der Waals surface area (Å²) in [6, 6.07) is 6.52. The number of benzene rings is 1. The Morgan fingerprint density at radius 1 is 1.27 bits per heavy atom. The van der Waals surface area contributed by atoms with Gasteiger partial charge in [-0.05, 0) is 42.3 Å². The maximum absolute atomic E-state index is 14.1. The third-order valence-corrected chi connectivity index (χ3v) is 5.55. The van der Waals surface area contributed by atoms with Crippen LogP contribution in [0.25, 0.3) is 0 Å². The fourth-order valence-corrected chi connectivity index (χ4v) is 3.82. The molecule has 0 saturated heterocycles. The van der Waals surface area contributed by atoms with Gasteiger partial charge in [0, 0.05) is 34.6 Å². The zero-order valence-electron chi connectivity index (χ0n) is 17.7. The van der Waals surface area contributed by atoms with Crippen LogP contribution in [0.15, 0.2) is 48.9 Å². The molecule has 3 aromatic rings. The Hall–Kier alpha value is -3.11. The van der Waals surface area contributed by atoms with E-state index in [-0.39, 0.29) is 35.1 Å². The van der Waals surface area contributed by atoms with E-state index in [9.17, 15) is 23.1 Å². The molecule has 11 heteroatoms. The van der Waals surface area contributed by atoms with Crippen molar-refractivity contribution >= 4 is 17.6 Å². The first kappa shape index (κ1) is 24.5. The molecule has 0 aliphatic carbocycles. The average Bonchev–Trinajstić information content (AvgIpc) is 3.17. The lowest BCUT2D eigenvalue weighted by molar-refractivity contribution is -0.274. The number of alkyl halides is 3. The Bertz CT molecular complexity index is 1150. The van der Waals surface area contributed by atoms with Gasteiger partial charge in [-0.15, -0.1) is 0 Å². The van der Waals surface area contributed by atoms with Crippen molar-refractivity contribution in [2.45, 2.75) is 44.7 Å². The van der Waals surface area contributed by atoms with E-state index in [1.165, 1.54) is 61.4 Å². The molecule has 2 aromatic heterocycles. The number of aliphatic carboxylic acids is 1. The van der Waals surface area contributed by atoms with Gasteiger partial charge in [0.2, 0.25) is 0 Å². The summed E-state index contributed by atoms with van der Waals surface area (Å²) in [6.45, 7) is 2.54. The predicted molar refractivity (Wildman–Crippen MR) is 113 cm³/mol. The topological polar surface area (TPSA) is 97.5 Å². The van der Waals surface area contributed by atoms with Gasteiger partial charge in [0.05, 0.1) is 6.20 Å². The molecular weight excluding hydrogens is 463 g/mol. The van der Waals surface area contributed by atoms with Gasteiger partial charge in [-0.1, -0.05) is 24.6 Å². The number of hydrogen-bond acceptors (Lipinski definition) is 5. The van der Waals surface area contributed by atoms with E-state index in [1.54, 1.807) is 0 Å². The lowest BCUT2D eigenvalue weighted by Crippen LogP contribution is -2.46. The highest BCUT2D eigenvalue weighted by molar-refractivity contribution is 6.31. The highest BCUT2D eigenvalue weighted by atomic mass is 35.5. The monoisotopic (exact) mass is 483 g/mol. The van der Waals surface area contributed by atoms with E-state index in [1.807, 2.05) is 0 Å². The Morgan fingerprint density at radius 3 is 2.61 bits per heavy atom. The molecule has 0 aliphatic heterocycles. The molecule has 0 saturated carbocycles. The summed E-state index contributed by atoms with van der Waals surface area (Å²) in [4.78, 5) is 14.6. The fourth-order valence-electron chi connectivity index (χ4n) is 3.49. The predicted octanol–water partition coefficient (Wildman–Crippen LogP) is 4.46. The molecule has 0 spiro atoms. The molecule has 2 heterocycles. The molecule has 0 unspecified atom stereocenters. The molecule has 0 amide bonds. The number of aliphatic hydroxyl groups is 1. The Labute approximate surface area is 192 Å². The maximum atomic E-state index is 14.1. The van der Waals surface area contributed by atoms with Gasteiger partial charge >= 0.3 is 12.1 Å². The molecule has 0 aliphatic rings. The quantitative estimate of drug-likeness (QED) is 0.491. The number of aryl methyl sites for hydroxylation is 1. The number of nitrogens with zero attached hydrogens (tertiary/aromatic N) is 3. The van der Waals surface area contributed by atoms with Crippen molar-refractivity contribution in [2.24, 2.45) is 0 Å². The van der Waals surface area contributed by atoms with Gasteiger partial charge in [-0.25, -0.2) is 0 Å². The molecule has 0 bridgehead atoms. The van der Waals surface area contributed by atoms with Crippen LogP contribution in [-0.4, -0.2) is 37.1 Å². The zero-order valence-corrected chi connectivity index (χ0v) is 18.4. The zero-order chi connectivity index (χ0) is 24.4. The molecule has 2 atom stereocenters. The van der Waals surface area contributed by atoms with Crippen LogP contribution in [0.2, 0.25) is 5.02 Å². The minimum Gasteiger partial charge on any atom is -0.489 e. The molecule has 7 nitrogen and oxygen atoms in total.